The van der Waals surface area contributed by atoms with E-state index in [0.717, 1.165) is 12.8 Å². The molecule has 1 aromatic heterocycles. The van der Waals surface area contributed by atoms with Crippen LogP contribution in [0.3, 0.4) is 0 Å². The minimum atomic E-state index is -0.219. The van der Waals surface area contributed by atoms with Crippen molar-refractivity contribution < 1.29 is 9.53 Å². The van der Waals surface area contributed by atoms with Crippen LogP contribution in [-0.4, -0.2) is 32.7 Å². The number of nitrogens with zero attached hydrogens (tertiary/aromatic N) is 4. The normalized spacial score (nSPS) is 15.2. The number of aromatic nitrogens is 4. The number of nitrogens with one attached hydrogen (secondary N) is 1. The SMILES string of the molecule is O=C(COc1ccc(Cl)cc1)NCc1nnnn1C1CCCCC1. The van der Waals surface area contributed by atoms with E-state index in [1.807, 2.05) is 4.68 Å². The molecule has 128 valence electrons. The topological polar surface area (TPSA) is 81.9 Å². The van der Waals surface area contributed by atoms with E-state index in [2.05, 4.69) is 20.8 Å². The number of rotatable bonds is 6. The molecule has 0 spiro atoms. The number of tetrazole rings is 1. The summed E-state index contributed by atoms with van der Waals surface area (Å²) in [6, 6.07) is 7.21. The molecular formula is C16H20ClN5O2. The Labute approximate surface area is 145 Å². The van der Waals surface area contributed by atoms with E-state index >= 15 is 0 Å². The molecule has 1 amide bonds. The molecule has 24 heavy (non-hydrogen) atoms. The Bertz CT molecular complexity index is 667. The number of hydrogen-bond acceptors (Lipinski definition) is 5. The second-order valence-electron chi connectivity index (χ2n) is 5.85. The zero-order valence-corrected chi connectivity index (χ0v) is 14.1. The summed E-state index contributed by atoms with van der Waals surface area (Å²) < 4.78 is 7.26. The highest BCUT2D eigenvalue weighted by atomic mass is 35.5. The second kappa shape index (κ2) is 8.10. The van der Waals surface area contributed by atoms with Gasteiger partial charge in [-0.05, 0) is 47.5 Å². The predicted molar refractivity (Wildman–Crippen MR) is 88.7 cm³/mol. The summed E-state index contributed by atoms with van der Waals surface area (Å²) in [5.41, 5.74) is 0. The first-order valence-corrected chi connectivity index (χ1v) is 8.52. The molecule has 1 aliphatic rings. The number of halogens is 1. The quantitative estimate of drug-likeness (QED) is 0.866. The molecule has 1 aliphatic carbocycles. The molecule has 0 atom stereocenters. The summed E-state index contributed by atoms with van der Waals surface area (Å²) in [6.45, 7) is 0.235. The van der Waals surface area contributed by atoms with Gasteiger partial charge in [0.05, 0.1) is 12.6 Å². The summed E-state index contributed by atoms with van der Waals surface area (Å²) in [7, 11) is 0. The van der Waals surface area contributed by atoms with Crippen LogP contribution in [0.1, 0.15) is 44.0 Å². The maximum absolute atomic E-state index is 11.9. The van der Waals surface area contributed by atoms with Gasteiger partial charge in [0.2, 0.25) is 0 Å². The van der Waals surface area contributed by atoms with Crippen molar-refractivity contribution in [3.63, 3.8) is 0 Å². The number of ether oxygens (including phenoxy) is 1. The molecule has 0 saturated heterocycles. The standard InChI is InChI=1S/C16H20ClN5O2/c17-12-6-8-14(9-7-12)24-11-16(23)18-10-15-19-20-21-22(15)13-4-2-1-3-5-13/h6-9,13H,1-5,10-11H2,(H,18,23). The summed E-state index contributed by atoms with van der Waals surface area (Å²) in [4.78, 5) is 11.9. The lowest BCUT2D eigenvalue weighted by Crippen LogP contribution is -2.30. The van der Waals surface area contributed by atoms with Crippen LogP contribution < -0.4 is 10.1 Å². The molecule has 2 aromatic rings. The van der Waals surface area contributed by atoms with Gasteiger partial charge in [-0.2, -0.15) is 0 Å². The first-order chi connectivity index (χ1) is 11.7. The van der Waals surface area contributed by atoms with E-state index in [0.29, 0.717) is 29.2 Å². The average Bonchev–Trinajstić information content (AvgIpc) is 3.09. The molecule has 1 fully saturated rings. The first kappa shape index (κ1) is 16.7. The molecule has 0 aliphatic heterocycles. The van der Waals surface area contributed by atoms with Crippen molar-refractivity contribution in [2.45, 2.75) is 44.7 Å². The van der Waals surface area contributed by atoms with Crippen LogP contribution in [0, 0.1) is 0 Å². The van der Waals surface area contributed by atoms with E-state index in [-0.39, 0.29) is 12.5 Å². The van der Waals surface area contributed by atoms with Crippen LogP contribution in [0.15, 0.2) is 24.3 Å². The summed E-state index contributed by atoms with van der Waals surface area (Å²) >= 11 is 5.80. The molecular weight excluding hydrogens is 330 g/mol. The van der Waals surface area contributed by atoms with Crippen LogP contribution in [-0.2, 0) is 11.3 Å². The Morgan fingerprint density at radius 2 is 2.00 bits per heavy atom. The van der Waals surface area contributed by atoms with Crippen molar-refractivity contribution in [3.05, 3.63) is 35.1 Å². The Hall–Kier alpha value is -2.15. The van der Waals surface area contributed by atoms with Crippen molar-refractivity contribution in [1.82, 2.24) is 25.5 Å². The van der Waals surface area contributed by atoms with Gasteiger partial charge in [0.25, 0.3) is 5.91 Å². The molecule has 1 saturated carbocycles. The van der Waals surface area contributed by atoms with Gasteiger partial charge in [-0.1, -0.05) is 30.9 Å². The average molecular weight is 350 g/mol. The molecule has 7 nitrogen and oxygen atoms in total. The van der Waals surface area contributed by atoms with Gasteiger partial charge >= 0.3 is 0 Å². The summed E-state index contributed by atoms with van der Waals surface area (Å²) in [5, 5.41) is 15.3. The first-order valence-electron chi connectivity index (χ1n) is 8.14. The van der Waals surface area contributed by atoms with Crippen LogP contribution in [0.4, 0.5) is 0 Å². The smallest absolute Gasteiger partial charge is 0.258 e. The Morgan fingerprint density at radius 1 is 1.25 bits per heavy atom. The number of carbonyl (C=O) groups excluding carboxylic acids is 1. The van der Waals surface area contributed by atoms with E-state index < -0.39 is 0 Å². The molecule has 1 heterocycles. The highest BCUT2D eigenvalue weighted by Gasteiger charge is 2.20. The zero-order valence-electron chi connectivity index (χ0n) is 13.3. The van der Waals surface area contributed by atoms with Gasteiger partial charge in [-0.15, -0.1) is 5.10 Å². The summed E-state index contributed by atoms with van der Waals surface area (Å²) in [5.74, 6) is 1.06. The van der Waals surface area contributed by atoms with Crippen LogP contribution in [0.2, 0.25) is 5.02 Å². The lowest BCUT2D eigenvalue weighted by Gasteiger charge is -2.22. The Kier molecular flexibility index (Phi) is 5.63. The number of hydrogen-bond donors (Lipinski definition) is 1. The maximum atomic E-state index is 11.9. The van der Waals surface area contributed by atoms with Crippen LogP contribution >= 0.6 is 11.6 Å². The van der Waals surface area contributed by atoms with Crippen molar-refractivity contribution in [3.8, 4) is 5.75 Å². The third kappa shape index (κ3) is 4.44. The third-order valence-electron chi connectivity index (χ3n) is 4.11. The minimum Gasteiger partial charge on any atom is -0.484 e. The molecule has 0 unspecified atom stereocenters. The molecule has 8 heteroatoms. The monoisotopic (exact) mass is 349 g/mol. The molecule has 1 aromatic carbocycles. The highest BCUT2D eigenvalue weighted by Crippen LogP contribution is 2.27. The van der Waals surface area contributed by atoms with Gasteiger partial charge in [0.15, 0.2) is 12.4 Å². The van der Waals surface area contributed by atoms with Gasteiger partial charge in [-0.25, -0.2) is 4.68 Å². The van der Waals surface area contributed by atoms with E-state index in [1.54, 1.807) is 24.3 Å². The van der Waals surface area contributed by atoms with Gasteiger partial charge in [0, 0.05) is 5.02 Å². The zero-order chi connectivity index (χ0) is 16.8. The fourth-order valence-corrected chi connectivity index (χ4v) is 2.97. The van der Waals surface area contributed by atoms with Gasteiger partial charge in [0.1, 0.15) is 5.75 Å². The molecule has 0 bridgehead atoms. The predicted octanol–water partition coefficient (Wildman–Crippen LogP) is 2.53. The number of amides is 1. The largest absolute Gasteiger partial charge is 0.484 e. The number of benzene rings is 1. The van der Waals surface area contributed by atoms with E-state index in [9.17, 15) is 4.79 Å². The lowest BCUT2D eigenvalue weighted by molar-refractivity contribution is -0.123. The fourth-order valence-electron chi connectivity index (χ4n) is 2.85. The number of carbonyl (C=O) groups is 1. The van der Waals surface area contributed by atoms with Gasteiger partial charge in [-0.3, -0.25) is 4.79 Å². The Morgan fingerprint density at radius 3 is 2.75 bits per heavy atom. The van der Waals surface area contributed by atoms with Crippen molar-refractivity contribution >= 4 is 17.5 Å². The van der Waals surface area contributed by atoms with Gasteiger partial charge < -0.3 is 10.1 Å². The van der Waals surface area contributed by atoms with E-state index in [4.69, 9.17) is 16.3 Å². The highest BCUT2D eigenvalue weighted by molar-refractivity contribution is 6.30. The van der Waals surface area contributed by atoms with Crippen LogP contribution in [0.5, 0.6) is 5.75 Å². The van der Waals surface area contributed by atoms with Crippen molar-refractivity contribution in [2.24, 2.45) is 0 Å². The van der Waals surface area contributed by atoms with Crippen molar-refractivity contribution in [2.75, 3.05) is 6.61 Å². The molecule has 0 radical (unpaired) electrons. The van der Waals surface area contributed by atoms with E-state index in [1.165, 1.54) is 19.3 Å². The second-order valence-corrected chi connectivity index (χ2v) is 6.29. The Balaban J connectivity index is 1.48. The summed E-state index contributed by atoms with van der Waals surface area (Å²) in [6.07, 6.45) is 5.85. The maximum Gasteiger partial charge on any atom is 0.258 e. The minimum absolute atomic E-state index is 0.0629. The molecule has 1 N–H and O–H groups in total. The third-order valence-corrected chi connectivity index (χ3v) is 4.36. The van der Waals surface area contributed by atoms with Crippen molar-refractivity contribution in [1.29, 1.82) is 0 Å². The lowest BCUT2D eigenvalue weighted by atomic mass is 9.96. The molecule has 3 rings (SSSR count). The fraction of sp³-hybridized carbons (Fsp3) is 0.500. The van der Waals surface area contributed by atoms with Crippen LogP contribution in [0.25, 0.3) is 0 Å².